The fourth-order valence-electron chi connectivity index (χ4n) is 2.71. The van der Waals surface area contributed by atoms with Gasteiger partial charge in [-0.25, -0.2) is 4.98 Å². The number of hydrogen-bond donors (Lipinski definition) is 1. The van der Waals surface area contributed by atoms with Crippen molar-refractivity contribution in [1.29, 1.82) is 0 Å². The highest BCUT2D eigenvalue weighted by Gasteiger charge is 2.16. The van der Waals surface area contributed by atoms with Gasteiger partial charge in [0.25, 0.3) is 0 Å². The van der Waals surface area contributed by atoms with Crippen LogP contribution in [-0.2, 0) is 0 Å². The number of nitrogens with zero attached hydrogens (tertiary/aromatic N) is 2. The second-order valence-electron chi connectivity index (χ2n) is 4.89. The van der Waals surface area contributed by atoms with Gasteiger partial charge in [-0.05, 0) is 37.9 Å². The summed E-state index contributed by atoms with van der Waals surface area (Å²) in [7, 11) is 0. The lowest BCUT2D eigenvalue weighted by atomic mass is 10.1. The van der Waals surface area contributed by atoms with Crippen molar-refractivity contribution in [2.75, 3.05) is 13.1 Å². The maximum Gasteiger partial charge on any atom is 0.0953 e. The summed E-state index contributed by atoms with van der Waals surface area (Å²) >= 11 is 0. The van der Waals surface area contributed by atoms with Crippen LogP contribution >= 0.6 is 0 Å². The molecule has 1 atom stereocenters. The van der Waals surface area contributed by atoms with Crippen molar-refractivity contribution in [2.24, 2.45) is 0 Å². The summed E-state index contributed by atoms with van der Waals surface area (Å²) in [5.41, 5.74) is 2.50. The van der Waals surface area contributed by atoms with Gasteiger partial charge < -0.3 is 9.88 Å². The normalized spacial score (nSPS) is 20.6. The largest absolute Gasteiger partial charge is 0.327 e. The highest BCUT2D eigenvalue weighted by atomic mass is 15.1. The molecule has 0 bridgehead atoms. The molecule has 1 N–H and O–H groups in total. The molecule has 0 saturated carbocycles. The van der Waals surface area contributed by atoms with Crippen LogP contribution in [0.3, 0.4) is 0 Å². The predicted octanol–water partition coefficient (Wildman–Crippen LogP) is 2.86. The van der Waals surface area contributed by atoms with Gasteiger partial charge in [0.15, 0.2) is 0 Å². The van der Waals surface area contributed by atoms with E-state index in [0.717, 1.165) is 13.1 Å². The van der Waals surface area contributed by atoms with Crippen molar-refractivity contribution < 1.29 is 0 Å². The van der Waals surface area contributed by atoms with Gasteiger partial charge in [0.05, 0.1) is 18.2 Å². The maximum absolute atomic E-state index is 4.35. The first-order valence-corrected chi connectivity index (χ1v) is 6.73. The third-order valence-corrected chi connectivity index (χ3v) is 3.67. The molecule has 1 aliphatic rings. The molecule has 1 fully saturated rings. The van der Waals surface area contributed by atoms with E-state index in [4.69, 9.17) is 0 Å². The SMILES string of the molecule is c1ccc(-c2cncn2C2CCCNCC2)cc1. The zero-order chi connectivity index (χ0) is 12.2. The van der Waals surface area contributed by atoms with E-state index >= 15 is 0 Å². The van der Waals surface area contributed by atoms with E-state index in [2.05, 4.69) is 45.2 Å². The highest BCUT2D eigenvalue weighted by molar-refractivity contribution is 5.58. The van der Waals surface area contributed by atoms with E-state index in [1.807, 2.05) is 12.5 Å². The Morgan fingerprint density at radius 2 is 2.00 bits per heavy atom. The third-order valence-electron chi connectivity index (χ3n) is 3.67. The number of nitrogens with one attached hydrogen (secondary N) is 1. The molecule has 1 aliphatic heterocycles. The van der Waals surface area contributed by atoms with E-state index in [0.29, 0.717) is 6.04 Å². The summed E-state index contributed by atoms with van der Waals surface area (Å²) < 4.78 is 2.35. The average molecular weight is 241 g/mol. The second-order valence-corrected chi connectivity index (χ2v) is 4.89. The summed E-state index contributed by atoms with van der Waals surface area (Å²) in [5, 5.41) is 3.46. The Hall–Kier alpha value is -1.61. The molecule has 0 amide bonds. The summed E-state index contributed by atoms with van der Waals surface area (Å²) in [6, 6.07) is 11.1. The first kappa shape index (κ1) is 11.5. The number of hydrogen-bond acceptors (Lipinski definition) is 2. The summed E-state index contributed by atoms with van der Waals surface area (Å²) in [4.78, 5) is 4.35. The molecule has 0 aliphatic carbocycles. The molecular weight excluding hydrogens is 222 g/mol. The molecule has 0 radical (unpaired) electrons. The van der Waals surface area contributed by atoms with Gasteiger partial charge >= 0.3 is 0 Å². The van der Waals surface area contributed by atoms with E-state index in [-0.39, 0.29) is 0 Å². The fraction of sp³-hybridized carbons (Fsp3) is 0.400. The van der Waals surface area contributed by atoms with E-state index in [1.54, 1.807) is 0 Å². The minimum atomic E-state index is 0.581. The Kier molecular flexibility index (Phi) is 3.42. The standard InChI is InChI=1S/C15H19N3/c1-2-5-13(6-3-1)15-11-17-12-18(15)14-7-4-9-16-10-8-14/h1-3,5-6,11-12,14,16H,4,7-10H2. The van der Waals surface area contributed by atoms with E-state index < -0.39 is 0 Å². The zero-order valence-electron chi connectivity index (χ0n) is 10.5. The Labute approximate surface area is 108 Å². The second kappa shape index (κ2) is 5.36. The van der Waals surface area contributed by atoms with Crippen molar-refractivity contribution >= 4 is 0 Å². The third kappa shape index (κ3) is 2.31. The fourth-order valence-corrected chi connectivity index (χ4v) is 2.71. The number of imidazole rings is 1. The molecule has 2 aromatic rings. The van der Waals surface area contributed by atoms with Crippen molar-refractivity contribution in [3.63, 3.8) is 0 Å². The summed E-state index contributed by atoms with van der Waals surface area (Å²) in [6.07, 6.45) is 7.64. The van der Waals surface area contributed by atoms with Gasteiger partial charge in [-0.2, -0.15) is 0 Å². The molecule has 3 rings (SSSR count). The van der Waals surface area contributed by atoms with E-state index in [1.165, 1.54) is 30.5 Å². The molecule has 0 spiro atoms. The minimum Gasteiger partial charge on any atom is -0.327 e. The lowest BCUT2D eigenvalue weighted by Gasteiger charge is -2.18. The smallest absolute Gasteiger partial charge is 0.0953 e. The molecule has 94 valence electrons. The number of benzene rings is 1. The molecule has 1 aromatic heterocycles. The summed E-state index contributed by atoms with van der Waals surface area (Å²) in [6.45, 7) is 2.25. The van der Waals surface area contributed by atoms with Crippen LogP contribution < -0.4 is 5.32 Å². The molecule has 1 aromatic carbocycles. The Bertz CT molecular complexity index is 481. The van der Waals surface area contributed by atoms with Crippen LogP contribution in [0.2, 0.25) is 0 Å². The Morgan fingerprint density at radius 1 is 1.11 bits per heavy atom. The lowest BCUT2D eigenvalue weighted by molar-refractivity contribution is 0.457. The molecule has 18 heavy (non-hydrogen) atoms. The van der Waals surface area contributed by atoms with E-state index in [9.17, 15) is 0 Å². The van der Waals surface area contributed by atoms with Crippen LogP contribution in [0.25, 0.3) is 11.3 Å². The van der Waals surface area contributed by atoms with Crippen LogP contribution in [0, 0.1) is 0 Å². The first-order chi connectivity index (χ1) is 8.95. The molecule has 2 heterocycles. The highest BCUT2D eigenvalue weighted by Crippen LogP contribution is 2.27. The van der Waals surface area contributed by atoms with Crippen molar-refractivity contribution in [3.8, 4) is 11.3 Å². The first-order valence-electron chi connectivity index (χ1n) is 6.73. The molecule has 1 unspecified atom stereocenters. The van der Waals surface area contributed by atoms with Crippen LogP contribution in [0.5, 0.6) is 0 Å². The van der Waals surface area contributed by atoms with Gasteiger partial charge in [0.2, 0.25) is 0 Å². The van der Waals surface area contributed by atoms with Gasteiger partial charge in [-0.3, -0.25) is 0 Å². The zero-order valence-corrected chi connectivity index (χ0v) is 10.5. The van der Waals surface area contributed by atoms with Gasteiger partial charge in [-0.15, -0.1) is 0 Å². The Balaban J connectivity index is 1.91. The predicted molar refractivity (Wildman–Crippen MR) is 73.4 cm³/mol. The van der Waals surface area contributed by atoms with Crippen LogP contribution in [0.4, 0.5) is 0 Å². The lowest BCUT2D eigenvalue weighted by Crippen LogP contribution is -2.15. The topological polar surface area (TPSA) is 29.9 Å². The molecule has 3 heteroatoms. The summed E-state index contributed by atoms with van der Waals surface area (Å²) in [5.74, 6) is 0. The molecular formula is C15H19N3. The number of aromatic nitrogens is 2. The quantitative estimate of drug-likeness (QED) is 0.876. The Morgan fingerprint density at radius 3 is 2.89 bits per heavy atom. The minimum absolute atomic E-state index is 0.581. The van der Waals surface area contributed by atoms with Crippen LogP contribution in [-0.4, -0.2) is 22.6 Å². The number of rotatable bonds is 2. The molecule has 1 saturated heterocycles. The van der Waals surface area contributed by atoms with Gasteiger partial charge in [0.1, 0.15) is 0 Å². The average Bonchev–Trinajstić information content (AvgIpc) is 2.75. The molecule has 3 nitrogen and oxygen atoms in total. The maximum atomic E-state index is 4.35. The van der Waals surface area contributed by atoms with Crippen molar-refractivity contribution in [1.82, 2.24) is 14.9 Å². The monoisotopic (exact) mass is 241 g/mol. The van der Waals surface area contributed by atoms with Crippen LogP contribution in [0.15, 0.2) is 42.9 Å². The van der Waals surface area contributed by atoms with Gasteiger partial charge in [0, 0.05) is 6.04 Å². The van der Waals surface area contributed by atoms with Crippen molar-refractivity contribution in [3.05, 3.63) is 42.9 Å². The van der Waals surface area contributed by atoms with Gasteiger partial charge in [-0.1, -0.05) is 30.3 Å². The van der Waals surface area contributed by atoms with Crippen LogP contribution in [0.1, 0.15) is 25.3 Å². The van der Waals surface area contributed by atoms with Crippen molar-refractivity contribution in [2.45, 2.75) is 25.3 Å².